The molecule has 6 heteroatoms. The van der Waals surface area contributed by atoms with Gasteiger partial charge >= 0.3 is 5.97 Å². The minimum absolute atomic E-state index is 0.249. The number of rotatable bonds is 5. The second-order valence-corrected chi connectivity index (χ2v) is 7.26. The summed E-state index contributed by atoms with van der Waals surface area (Å²) in [5, 5.41) is 13.0. The first-order valence-electron chi connectivity index (χ1n) is 8.07. The summed E-state index contributed by atoms with van der Waals surface area (Å²) >= 11 is 7.53. The Balaban J connectivity index is 1.64. The number of hydrogen-bond acceptors (Lipinski definition) is 3. The maximum atomic E-state index is 11.5. The van der Waals surface area contributed by atoms with Crippen LogP contribution in [0.4, 0.5) is 0 Å². The lowest BCUT2D eigenvalue weighted by molar-refractivity contribution is 0.0696. The molecule has 1 N–H and O–H groups in total. The summed E-state index contributed by atoms with van der Waals surface area (Å²) in [5.41, 5.74) is 6.08. The maximum absolute atomic E-state index is 11.5. The molecule has 0 amide bonds. The second kappa shape index (κ2) is 6.94. The van der Waals surface area contributed by atoms with Crippen LogP contribution in [-0.2, 0) is 13.0 Å². The van der Waals surface area contributed by atoms with Crippen LogP contribution < -0.4 is 0 Å². The molecule has 2 heterocycles. The molecular weight excluding hydrogens is 368 g/mol. The predicted molar refractivity (Wildman–Crippen MR) is 104 cm³/mol. The van der Waals surface area contributed by atoms with Gasteiger partial charge < -0.3 is 9.67 Å². The molecule has 0 unspecified atom stereocenters. The van der Waals surface area contributed by atoms with Gasteiger partial charge in [-0.3, -0.25) is 0 Å². The van der Waals surface area contributed by atoms with E-state index in [1.165, 1.54) is 6.07 Å². The average Bonchev–Trinajstić information content (AvgIpc) is 3.27. The molecule has 0 spiro atoms. The number of hydrogen-bond donors (Lipinski definition) is 1. The number of carbonyl (C=O) groups is 1. The van der Waals surface area contributed by atoms with E-state index in [1.54, 1.807) is 23.5 Å². The molecule has 4 nitrogen and oxygen atoms in total. The van der Waals surface area contributed by atoms with Gasteiger partial charge in [-0.1, -0.05) is 23.7 Å². The van der Waals surface area contributed by atoms with Crippen LogP contribution in [0.2, 0.25) is 5.02 Å². The van der Waals surface area contributed by atoms with E-state index < -0.39 is 5.97 Å². The molecular formula is C20H15ClN2O2S. The van der Waals surface area contributed by atoms with Crippen LogP contribution in [0, 0.1) is 0 Å². The summed E-state index contributed by atoms with van der Waals surface area (Å²) < 4.78 is 2.17. The van der Waals surface area contributed by atoms with Crippen molar-refractivity contribution in [2.24, 2.45) is 0 Å². The molecule has 4 rings (SSSR count). The van der Waals surface area contributed by atoms with Crippen molar-refractivity contribution in [1.29, 1.82) is 0 Å². The lowest BCUT2D eigenvalue weighted by Crippen LogP contribution is -2.03. The van der Waals surface area contributed by atoms with Gasteiger partial charge in [0.2, 0.25) is 0 Å². The molecule has 0 aliphatic heterocycles. The Morgan fingerprint density at radius 1 is 1.19 bits per heavy atom. The number of benzene rings is 2. The van der Waals surface area contributed by atoms with Crippen LogP contribution in [0.25, 0.3) is 10.9 Å². The van der Waals surface area contributed by atoms with Gasteiger partial charge in [0.25, 0.3) is 0 Å². The van der Waals surface area contributed by atoms with Gasteiger partial charge in [0.05, 0.1) is 23.3 Å². The Morgan fingerprint density at radius 3 is 2.85 bits per heavy atom. The van der Waals surface area contributed by atoms with Gasteiger partial charge in [0.1, 0.15) is 0 Å². The predicted octanol–water partition coefficient (Wildman–Crippen LogP) is 5.09. The lowest BCUT2D eigenvalue weighted by atomic mass is 9.99. The molecule has 0 bridgehead atoms. The highest BCUT2D eigenvalue weighted by Gasteiger charge is 2.12. The minimum atomic E-state index is -0.960. The first kappa shape index (κ1) is 16.8. The number of halogens is 1. The standard InChI is InChI=1S/C20H15ClN2O2S/c21-16-3-2-14(18(9-16)20(24)25)7-13-1-4-19-15(8-13)5-6-23(19)10-17-11-26-12-22-17/h1-6,8-9,11-12H,7,10H2,(H,24,25). The quantitative estimate of drug-likeness (QED) is 0.523. The maximum Gasteiger partial charge on any atom is 0.336 e. The van der Waals surface area contributed by atoms with Gasteiger partial charge in [-0.2, -0.15) is 0 Å². The summed E-state index contributed by atoms with van der Waals surface area (Å²) in [6, 6.07) is 13.3. The fraction of sp³-hybridized carbons (Fsp3) is 0.100. The topological polar surface area (TPSA) is 55.1 Å². The van der Waals surface area contributed by atoms with Gasteiger partial charge in [-0.05, 0) is 53.3 Å². The lowest BCUT2D eigenvalue weighted by Gasteiger charge is -2.08. The van der Waals surface area contributed by atoms with Crippen LogP contribution in [0.15, 0.2) is 59.6 Å². The average molecular weight is 383 g/mol. The largest absolute Gasteiger partial charge is 0.478 e. The van der Waals surface area contributed by atoms with E-state index in [0.717, 1.165) is 34.3 Å². The van der Waals surface area contributed by atoms with Gasteiger partial charge in [0.15, 0.2) is 0 Å². The van der Waals surface area contributed by atoms with E-state index in [-0.39, 0.29) is 5.56 Å². The van der Waals surface area contributed by atoms with Crippen molar-refractivity contribution in [2.45, 2.75) is 13.0 Å². The van der Waals surface area contributed by atoms with Gasteiger partial charge in [-0.25, -0.2) is 9.78 Å². The third-order valence-corrected chi connectivity index (χ3v) is 5.22. The van der Waals surface area contributed by atoms with Crippen molar-refractivity contribution in [3.63, 3.8) is 0 Å². The molecule has 130 valence electrons. The minimum Gasteiger partial charge on any atom is -0.478 e. The van der Waals surface area contributed by atoms with Crippen molar-refractivity contribution < 1.29 is 9.90 Å². The number of carboxylic acid groups (broad SMARTS) is 1. The zero-order valence-corrected chi connectivity index (χ0v) is 15.3. The van der Waals surface area contributed by atoms with Crippen LogP contribution in [-0.4, -0.2) is 20.6 Å². The molecule has 0 aliphatic rings. The number of nitrogens with zero attached hydrogens (tertiary/aromatic N) is 2. The summed E-state index contributed by atoms with van der Waals surface area (Å²) in [7, 11) is 0. The van der Waals surface area contributed by atoms with Crippen LogP contribution in [0.5, 0.6) is 0 Å². The van der Waals surface area contributed by atoms with E-state index in [4.69, 9.17) is 11.6 Å². The Bertz CT molecular complexity index is 1090. The van der Waals surface area contributed by atoms with Crippen molar-refractivity contribution in [3.8, 4) is 0 Å². The van der Waals surface area contributed by atoms with E-state index in [9.17, 15) is 9.90 Å². The third-order valence-electron chi connectivity index (χ3n) is 4.35. The smallest absolute Gasteiger partial charge is 0.336 e. The zero-order chi connectivity index (χ0) is 18.1. The fourth-order valence-electron chi connectivity index (χ4n) is 3.11. The molecule has 0 saturated carbocycles. The molecule has 0 aliphatic carbocycles. The molecule has 4 aromatic rings. The molecule has 0 fully saturated rings. The SMILES string of the molecule is O=C(O)c1cc(Cl)ccc1Cc1ccc2c(ccn2Cc2cscn2)c1. The van der Waals surface area contributed by atoms with Crippen LogP contribution in [0.1, 0.15) is 27.2 Å². The van der Waals surface area contributed by atoms with Gasteiger partial charge in [0, 0.05) is 22.1 Å². The van der Waals surface area contributed by atoms with E-state index >= 15 is 0 Å². The number of aromatic nitrogens is 2. The van der Waals surface area contributed by atoms with Crippen molar-refractivity contribution >= 4 is 39.8 Å². The highest BCUT2D eigenvalue weighted by atomic mass is 35.5. The molecule has 2 aromatic heterocycles. The summed E-state index contributed by atoms with van der Waals surface area (Å²) in [4.78, 5) is 15.8. The molecule has 0 saturated heterocycles. The van der Waals surface area contributed by atoms with Crippen LogP contribution >= 0.6 is 22.9 Å². The molecule has 0 atom stereocenters. The van der Waals surface area contributed by atoms with Crippen molar-refractivity contribution in [1.82, 2.24) is 9.55 Å². The van der Waals surface area contributed by atoms with Crippen molar-refractivity contribution in [2.75, 3.05) is 0 Å². The summed E-state index contributed by atoms with van der Waals surface area (Å²) in [6.07, 6.45) is 2.60. The molecule has 2 aromatic carbocycles. The summed E-state index contributed by atoms with van der Waals surface area (Å²) in [5.74, 6) is -0.960. The van der Waals surface area contributed by atoms with Gasteiger partial charge in [-0.15, -0.1) is 11.3 Å². The van der Waals surface area contributed by atoms with Crippen LogP contribution in [0.3, 0.4) is 0 Å². The Kier molecular flexibility index (Phi) is 4.49. The first-order chi connectivity index (χ1) is 12.6. The number of thiazole rings is 1. The van der Waals surface area contributed by atoms with E-state index in [1.807, 2.05) is 17.0 Å². The molecule has 0 radical (unpaired) electrons. The number of aromatic carboxylic acids is 1. The first-order valence-corrected chi connectivity index (χ1v) is 9.39. The highest BCUT2D eigenvalue weighted by molar-refractivity contribution is 7.07. The fourth-order valence-corrected chi connectivity index (χ4v) is 3.83. The molecule has 26 heavy (non-hydrogen) atoms. The normalized spacial score (nSPS) is 11.1. The Labute approximate surface area is 159 Å². The zero-order valence-electron chi connectivity index (χ0n) is 13.7. The summed E-state index contributed by atoms with van der Waals surface area (Å²) in [6.45, 7) is 0.743. The Hall–Kier alpha value is -2.63. The van der Waals surface area contributed by atoms with E-state index in [0.29, 0.717) is 11.4 Å². The number of carboxylic acids is 1. The van der Waals surface area contributed by atoms with Crippen molar-refractivity contribution in [3.05, 3.63) is 87.0 Å². The van der Waals surface area contributed by atoms with E-state index in [2.05, 4.69) is 33.9 Å². The number of fused-ring (bicyclic) bond motifs is 1. The second-order valence-electron chi connectivity index (χ2n) is 6.10. The third kappa shape index (κ3) is 3.36. The monoisotopic (exact) mass is 382 g/mol. The Morgan fingerprint density at radius 2 is 2.08 bits per heavy atom. The highest BCUT2D eigenvalue weighted by Crippen LogP contribution is 2.23.